The van der Waals surface area contributed by atoms with Crippen molar-refractivity contribution in [2.75, 3.05) is 26.2 Å². The van der Waals surface area contributed by atoms with Gasteiger partial charge < -0.3 is 10.1 Å². The van der Waals surface area contributed by atoms with Gasteiger partial charge in [-0.2, -0.15) is 0 Å². The van der Waals surface area contributed by atoms with Gasteiger partial charge in [-0.25, -0.2) is 0 Å². The first kappa shape index (κ1) is 13.8. The van der Waals surface area contributed by atoms with Crippen LogP contribution in [0.5, 0.6) is 0 Å². The van der Waals surface area contributed by atoms with Crippen molar-refractivity contribution in [1.82, 2.24) is 10.2 Å². The van der Waals surface area contributed by atoms with Gasteiger partial charge in [-0.05, 0) is 58.5 Å². The second-order valence-electron chi connectivity index (χ2n) is 6.93. The molecule has 1 N–H and O–H groups in total. The Hall–Kier alpha value is -0.120. The molecule has 2 atom stereocenters. The Labute approximate surface area is 118 Å². The standard InChI is InChI=1S/C16H30N2O/c1-14(18-9-4-5-10-18)13-17-15-6-11-19-16(12-15)7-2-3-8-16/h14-15,17H,2-13H2,1H3. The summed E-state index contributed by atoms with van der Waals surface area (Å²) in [6.45, 7) is 7.11. The van der Waals surface area contributed by atoms with Crippen molar-refractivity contribution in [3.63, 3.8) is 0 Å². The first-order valence-electron chi connectivity index (χ1n) is 8.39. The maximum atomic E-state index is 6.11. The van der Waals surface area contributed by atoms with Gasteiger partial charge in [0.15, 0.2) is 0 Å². The third-order valence-corrected chi connectivity index (χ3v) is 5.47. The fraction of sp³-hybridized carbons (Fsp3) is 1.00. The van der Waals surface area contributed by atoms with Crippen molar-refractivity contribution < 1.29 is 4.74 Å². The largest absolute Gasteiger partial charge is 0.375 e. The molecule has 3 aliphatic rings. The Balaban J connectivity index is 1.44. The van der Waals surface area contributed by atoms with E-state index in [2.05, 4.69) is 17.1 Å². The maximum Gasteiger partial charge on any atom is 0.0697 e. The lowest BCUT2D eigenvalue weighted by molar-refractivity contribution is -0.0839. The molecule has 3 heteroatoms. The van der Waals surface area contributed by atoms with Gasteiger partial charge >= 0.3 is 0 Å². The van der Waals surface area contributed by atoms with E-state index < -0.39 is 0 Å². The van der Waals surface area contributed by atoms with Crippen molar-refractivity contribution in [3.8, 4) is 0 Å². The van der Waals surface area contributed by atoms with E-state index in [1.807, 2.05) is 0 Å². The molecule has 0 aromatic carbocycles. The van der Waals surface area contributed by atoms with Gasteiger partial charge in [0, 0.05) is 25.2 Å². The van der Waals surface area contributed by atoms with E-state index in [-0.39, 0.29) is 5.60 Å². The van der Waals surface area contributed by atoms with Gasteiger partial charge in [0.25, 0.3) is 0 Å². The van der Waals surface area contributed by atoms with Gasteiger partial charge in [0.2, 0.25) is 0 Å². The molecule has 3 rings (SSSR count). The van der Waals surface area contributed by atoms with Gasteiger partial charge in [-0.15, -0.1) is 0 Å². The fourth-order valence-electron chi connectivity index (χ4n) is 4.22. The summed E-state index contributed by atoms with van der Waals surface area (Å²) >= 11 is 0. The predicted octanol–water partition coefficient (Wildman–Crippen LogP) is 2.55. The van der Waals surface area contributed by atoms with Crippen LogP contribution < -0.4 is 5.32 Å². The zero-order valence-electron chi connectivity index (χ0n) is 12.5. The van der Waals surface area contributed by atoms with Crippen LogP contribution in [0.1, 0.15) is 58.3 Å². The first-order chi connectivity index (χ1) is 9.27. The number of ether oxygens (including phenoxy) is 1. The Morgan fingerprint density at radius 3 is 2.68 bits per heavy atom. The van der Waals surface area contributed by atoms with Crippen LogP contribution in [0.4, 0.5) is 0 Å². The molecule has 1 aliphatic carbocycles. The molecule has 1 spiro atoms. The third kappa shape index (κ3) is 3.32. The summed E-state index contributed by atoms with van der Waals surface area (Å²) in [5.74, 6) is 0. The number of hydrogen-bond donors (Lipinski definition) is 1. The van der Waals surface area contributed by atoms with E-state index in [9.17, 15) is 0 Å². The van der Waals surface area contributed by atoms with Crippen LogP contribution in [0.2, 0.25) is 0 Å². The van der Waals surface area contributed by atoms with Crippen molar-refractivity contribution in [1.29, 1.82) is 0 Å². The third-order valence-electron chi connectivity index (χ3n) is 5.47. The molecule has 2 unspecified atom stereocenters. The Bertz CT molecular complexity index is 282. The average Bonchev–Trinajstić information content (AvgIpc) is 3.08. The number of likely N-dealkylation sites (tertiary alicyclic amines) is 1. The highest BCUT2D eigenvalue weighted by molar-refractivity contribution is 4.93. The molecule has 3 fully saturated rings. The molecule has 0 aromatic heterocycles. The Morgan fingerprint density at radius 1 is 1.21 bits per heavy atom. The molecule has 2 aliphatic heterocycles. The van der Waals surface area contributed by atoms with E-state index in [1.54, 1.807) is 0 Å². The summed E-state index contributed by atoms with van der Waals surface area (Å²) < 4.78 is 6.11. The SMILES string of the molecule is CC(CNC1CCOC2(CCCC2)C1)N1CCCC1. The molecule has 0 aromatic rings. The van der Waals surface area contributed by atoms with E-state index in [4.69, 9.17) is 4.74 Å². The highest BCUT2D eigenvalue weighted by Crippen LogP contribution is 2.39. The normalized spacial score (nSPS) is 33.0. The fourth-order valence-corrected chi connectivity index (χ4v) is 4.22. The smallest absolute Gasteiger partial charge is 0.0697 e. The number of rotatable bonds is 4. The monoisotopic (exact) mass is 266 g/mol. The lowest BCUT2D eigenvalue weighted by Gasteiger charge is -2.39. The lowest BCUT2D eigenvalue weighted by Crippen LogP contribution is -2.49. The summed E-state index contributed by atoms with van der Waals surface area (Å²) in [5, 5.41) is 3.83. The van der Waals surface area contributed by atoms with Crippen LogP contribution in [-0.2, 0) is 4.74 Å². The summed E-state index contributed by atoms with van der Waals surface area (Å²) in [5.41, 5.74) is 0.257. The molecule has 1 saturated carbocycles. The molecule has 0 bridgehead atoms. The summed E-state index contributed by atoms with van der Waals surface area (Å²) in [4.78, 5) is 2.64. The molecular weight excluding hydrogens is 236 g/mol. The molecular formula is C16H30N2O. The predicted molar refractivity (Wildman–Crippen MR) is 78.4 cm³/mol. The van der Waals surface area contributed by atoms with Gasteiger partial charge in [-0.3, -0.25) is 4.90 Å². The molecule has 19 heavy (non-hydrogen) atoms. The van der Waals surface area contributed by atoms with Crippen molar-refractivity contribution >= 4 is 0 Å². The zero-order valence-corrected chi connectivity index (χ0v) is 12.5. The Kier molecular flexibility index (Phi) is 4.45. The van der Waals surface area contributed by atoms with E-state index in [0.29, 0.717) is 12.1 Å². The highest BCUT2D eigenvalue weighted by atomic mass is 16.5. The molecule has 2 heterocycles. The van der Waals surface area contributed by atoms with Crippen LogP contribution in [0.25, 0.3) is 0 Å². The van der Waals surface area contributed by atoms with Crippen LogP contribution in [0, 0.1) is 0 Å². The number of nitrogens with zero attached hydrogens (tertiary/aromatic N) is 1. The van der Waals surface area contributed by atoms with Crippen LogP contribution in [0.15, 0.2) is 0 Å². The number of hydrogen-bond acceptors (Lipinski definition) is 3. The summed E-state index contributed by atoms with van der Waals surface area (Å²) in [7, 11) is 0. The van der Waals surface area contributed by atoms with Crippen molar-refractivity contribution in [2.45, 2.75) is 76.0 Å². The van der Waals surface area contributed by atoms with Crippen LogP contribution >= 0.6 is 0 Å². The van der Waals surface area contributed by atoms with Crippen LogP contribution in [-0.4, -0.2) is 48.8 Å². The quantitative estimate of drug-likeness (QED) is 0.846. The van der Waals surface area contributed by atoms with E-state index >= 15 is 0 Å². The Morgan fingerprint density at radius 2 is 1.95 bits per heavy atom. The minimum atomic E-state index is 0.257. The molecule has 0 amide bonds. The summed E-state index contributed by atoms with van der Waals surface area (Å²) in [6, 6.07) is 1.39. The topological polar surface area (TPSA) is 24.5 Å². The molecule has 110 valence electrons. The molecule has 0 radical (unpaired) electrons. The van der Waals surface area contributed by atoms with Crippen molar-refractivity contribution in [2.24, 2.45) is 0 Å². The first-order valence-corrected chi connectivity index (χ1v) is 8.39. The van der Waals surface area contributed by atoms with Gasteiger partial charge in [-0.1, -0.05) is 12.8 Å². The maximum absolute atomic E-state index is 6.11. The highest BCUT2D eigenvalue weighted by Gasteiger charge is 2.39. The average molecular weight is 266 g/mol. The van der Waals surface area contributed by atoms with Crippen molar-refractivity contribution in [3.05, 3.63) is 0 Å². The second kappa shape index (κ2) is 6.11. The van der Waals surface area contributed by atoms with E-state index in [1.165, 1.54) is 64.5 Å². The van der Waals surface area contributed by atoms with Gasteiger partial charge in [0.1, 0.15) is 0 Å². The van der Waals surface area contributed by atoms with E-state index in [0.717, 1.165) is 13.2 Å². The number of nitrogens with one attached hydrogen (secondary N) is 1. The zero-order chi connectivity index (χ0) is 13.1. The second-order valence-corrected chi connectivity index (χ2v) is 6.93. The van der Waals surface area contributed by atoms with Gasteiger partial charge in [0.05, 0.1) is 5.60 Å². The minimum Gasteiger partial charge on any atom is -0.375 e. The molecule has 3 nitrogen and oxygen atoms in total. The lowest BCUT2D eigenvalue weighted by atomic mass is 9.89. The summed E-state index contributed by atoms with van der Waals surface area (Å²) in [6.07, 6.45) is 10.6. The van der Waals surface area contributed by atoms with Crippen LogP contribution in [0.3, 0.4) is 0 Å². The minimum absolute atomic E-state index is 0.257. The molecule has 2 saturated heterocycles.